The Balaban J connectivity index is 1.61. The molecule has 0 radical (unpaired) electrons. The number of amides is 1. The van der Waals surface area contributed by atoms with E-state index in [0.29, 0.717) is 41.7 Å². The molecule has 0 aliphatic heterocycles. The Hall–Kier alpha value is -3.11. The van der Waals surface area contributed by atoms with E-state index in [1.54, 1.807) is 30.3 Å². The van der Waals surface area contributed by atoms with Gasteiger partial charge in [0.2, 0.25) is 5.91 Å². The molecule has 0 spiro atoms. The van der Waals surface area contributed by atoms with Gasteiger partial charge in [0.05, 0.1) is 16.8 Å². The van der Waals surface area contributed by atoms with Crippen LogP contribution in [-0.4, -0.2) is 29.0 Å². The highest BCUT2D eigenvalue weighted by molar-refractivity contribution is 6.32. The molecule has 0 saturated carbocycles. The molecule has 0 saturated heterocycles. The lowest BCUT2D eigenvalue weighted by molar-refractivity contribution is -0.116. The van der Waals surface area contributed by atoms with Crippen LogP contribution >= 0.6 is 11.6 Å². The largest absolute Gasteiger partial charge is 0.467 e. The number of nitrogens with zero attached hydrogens (tertiary/aromatic N) is 2. The molecule has 0 bridgehead atoms. The number of benzene rings is 2. The number of hydrogen-bond donors (Lipinski definition) is 2. The Kier molecular flexibility index (Phi) is 7.63. The van der Waals surface area contributed by atoms with Crippen molar-refractivity contribution >= 4 is 23.2 Å². The predicted molar refractivity (Wildman–Crippen MR) is 115 cm³/mol. The van der Waals surface area contributed by atoms with Gasteiger partial charge in [-0.05, 0) is 35.9 Å². The van der Waals surface area contributed by atoms with Crippen LogP contribution in [0.15, 0.2) is 71.3 Å². The third-order valence-electron chi connectivity index (χ3n) is 4.58. The van der Waals surface area contributed by atoms with E-state index in [9.17, 15) is 9.90 Å². The fourth-order valence-corrected chi connectivity index (χ4v) is 3.28. The Morgan fingerprint density at radius 1 is 1.20 bits per heavy atom. The number of halogens is 1. The number of carbonyl (C=O) groups is 1. The first kappa shape index (κ1) is 21.6. The second-order valence-electron chi connectivity index (χ2n) is 6.86. The summed E-state index contributed by atoms with van der Waals surface area (Å²) in [5, 5.41) is 22.5. The molecule has 1 heterocycles. The van der Waals surface area contributed by atoms with Gasteiger partial charge in [-0.25, -0.2) is 0 Å². The molecule has 3 aromatic rings. The quantitative estimate of drug-likeness (QED) is 0.533. The van der Waals surface area contributed by atoms with Crippen molar-refractivity contribution in [2.24, 2.45) is 0 Å². The van der Waals surface area contributed by atoms with Gasteiger partial charge in [-0.3, -0.25) is 9.69 Å². The predicted octanol–water partition coefficient (Wildman–Crippen LogP) is 4.37. The van der Waals surface area contributed by atoms with Crippen molar-refractivity contribution in [2.75, 3.05) is 18.4 Å². The zero-order valence-electron chi connectivity index (χ0n) is 16.3. The SMILES string of the molecule is N#Cc1ccc(NC(=O)CCN(Cc2ccccc2)CC(O)c2ccco2)cc1Cl. The van der Waals surface area contributed by atoms with Crippen molar-refractivity contribution in [1.29, 1.82) is 5.26 Å². The number of furan rings is 1. The maximum atomic E-state index is 12.4. The number of nitriles is 1. The van der Waals surface area contributed by atoms with Crippen molar-refractivity contribution in [1.82, 2.24) is 4.90 Å². The van der Waals surface area contributed by atoms with Crippen molar-refractivity contribution in [2.45, 2.75) is 19.1 Å². The zero-order chi connectivity index (χ0) is 21.3. The second-order valence-corrected chi connectivity index (χ2v) is 7.26. The van der Waals surface area contributed by atoms with Crippen LogP contribution < -0.4 is 5.32 Å². The summed E-state index contributed by atoms with van der Waals surface area (Å²) in [5.41, 5.74) is 1.98. The molecule has 30 heavy (non-hydrogen) atoms. The molecule has 1 aromatic heterocycles. The minimum absolute atomic E-state index is 0.179. The average Bonchev–Trinajstić information content (AvgIpc) is 3.28. The van der Waals surface area contributed by atoms with Crippen LogP contribution in [0.5, 0.6) is 0 Å². The normalized spacial score (nSPS) is 11.8. The Morgan fingerprint density at radius 3 is 2.67 bits per heavy atom. The molecule has 154 valence electrons. The lowest BCUT2D eigenvalue weighted by Gasteiger charge is -2.24. The molecule has 7 heteroatoms. The van der Waals surface area contributed by atoms with E-state index in [4.69, 9.17) is 21.3 Å². The summed E-state index contributed by atoms with van der Waals surface area (Å²) >= 11 is 6.02. The molecular weight excluding hydrogens is 402 g/mol. The summed E-state index contributed by atoms with van der Waals surface area (Å²) in [4.78, 5) is 14.4. The van der Waals surface area contributed by atoms with Gasteiger partial charge in [0.25, 0.3) is 0 Å². The number of carbonyl (C=O) groups excluding carboxylic acids is 1. The fraction of sp³-hybridized carbons (Fsp3) is 0.217. The number of hydrogen-bond acceptors (Lipinski definition) is 5. The van der Waals surface area contributed by atoms with E-state index in [0.717, 1.165) is 5.56 Å². The zero-order valence-corrected chi connectivity index (χ0v) is 17.0. The number of rotatable bonds is 9. The molecule has 1 amide bonds. The van der Waals surface area contributed by atoms with Crippen LogP contribution in [-0.2, 0) is 11.3 Å². The summed E-state index contributed by atoms with van der Waals surface area (Å²) < 4.78 is 5.29. The highest BCUT2D eigenvalue weighted by Gasteiger charge is 2.17. The highest BCUT2D eigenvalue weighted by atomic mass is 35.5. The molecular formula is C23H22ClN3O3. The number of nitrogens with one attached hydrogen (secondary N) is 1. The molecule has 1 unspecified atom stereocenters. The average molecular weight is 424 g/mol. The van der Waals surface area contributed by atoms with Crippen LogP contribution in [0.25, 0.3) is 0 Å². The first-order valence-corrected chi connectivity index (χ1v) is 9.90. The maximum Gasteiger partial charge on any atom is 0.225 e. The summed E-state index contributed by atoms with van der Waals surface area (Å²) in [6.45, 7) is 1.37. The molecule has 0 aliphatic rings. The maximum absolute atomic E-state index is 12.4. The molecule has 2 N–H and O–H groups in total. The summed E-state index contributed by atoms with van der Waals surface area (Å²) in [5.74, 6) is 0.311. The van der Waals surface area contributed by atoms with Gasteiger partial charge in [-0.2, -0.15) is 5.26 Å². The van der Waals surface area contributed by atoms with Crippen molar-refractivity contribution in [3.63, 3.8) is 0 Å². The van der Waals surface area contributed by atoms with E-state index in [1.165, 1.54) is 6.26 Å². The van der Waals surface area contributed by atoms with E-state index in [-0.39, 0.29) is 12.3 Å². The van der Waals surface area contributed by atoms with Crippen LogP contribution in [0.3, 0.4) is 0 Å². The van der Waals surface area contributed by atoms with Crippen molar-refractivity contribution in [3.8, 4) is 6.07 Å². The minimum Gasteiger partial charge on any atom is -0.467 e. The molecule has 0 fully saturated rings. The summed E-state index contributed by atoms with van der Waals surface area (Å²) in [6.07, 6.45) is 0.968. The molecule has 6 nitrogen and oxygen atoms in total. The number of aliphatic hydroxyl groups excluding tert-OH is 1. The lowest BCUT2D eigenvalue weighted by Crippen LogP contribution is -2.31. The number of anilines is 1. The Bertz CT molecular complexity index is 1000. The van der Waals surface area contributed by atoms with Gasteiger partial charge < -0.3 is 14.8 Å². The molecule has 2 aromatic carbocycles. The molecule has 0 aliphatic carbocycles. The van der Waals surface area contributed by atoms with Gasteiger partial charge in [0.15, 0.2) is 0 Å². The van der Waals surface area contributed by atoms with Crippen LogP contribution in [0.1, 0.15) is 29.4 Å². The van der Waals surface area contributed by atoms with Crippen LogP contribution in [0.2, 0.25) is 5.02 Å². The van der Waals surface area contributed by atoms with Crippen LogP contribution in [0.4, 0.5) is 5.69 Å². The van der Waals surface area contributed by atoms with Gasteiger partial charge in [-0.1, -0.05) is 41.9 Å². The van der Waals surface area contributed by atoms with Crippen molar-refractivity contribution < 1.29 is 14.3 Å². The first-order valence-electron chi connectivity index (χ1n) is 9.52. The topological polar surface area (TPSA) is 89.5 Å². The van der Waals surface area contributed by atoms with E-state index in [2.05, 4.69) is 5.32 Å². The monoisotopic (exact) mass is 423 g/mol. The van der Waals surface area contributed by atoms with Gasteiger partial charge >= 0.3 is 0 Å². The smallest absolute Gasteiger partial charge is 0.225 e. The van der Waals surface area contributed by atoms with E-state index < -0.39 is 6.10 Å². The Labute approximate surface area is 180 Å². The summed E-state index contributed by atoms with van der Waals surface area (Å²) in [7, 11) is 0. The molecule has 1 atom stereocenters. The lowest BCUT2D eigenvalue weighted by atomic mass is 10.1. The third kappa shape index (κ3) is 6.19. The van der Waals surface area contributed by atoms with Gasteiger partial charge in [0.1, 0.15) is 17.9 Å². The van der Waals surface area contributed by atoms with E-state index in [1.807, 2.05) is 41.3 Å². The van der Waals surface area contributed by atoms with Gasteiger partial charge in [0, 0.05) is 31.7 Å². The number of aliphatic hydroxyl groups is 1. The minimum atomic E-state index is -0.788. The van der Waals surface area contributed by atoms with Gasteiger partial charge in [-0.15, -0.1) is 0 Å². The van der Waals surface area contributed by atoms with Crippen molar-refractivity contribution in [3.05, 3.63) is 88.8 Å². The Morgan fingerprint density at radius 2 is 2.00 bits per heavy atom. The standard InChI is InChI=1S/C23H22ClN3O3/c24-20-13-19(9-8-18(20)14-25)26-23(29)10-11-27(15-17-5-2-1-3-6-17)16-21(28)22-7-4-12-30-22/h1-9,12-13,21,28H,10-11,15-16H2,(H,26,29). The third-order valence-corrected chi connectivity index (χ3v) is 4.89. The first-order chi connectivity index (χ1) is 14.5. The van der Waals surface area contributed by atoms with E-state index >= 15 is 0 Å². The fourth-order valence-electron chi connectivity index (χ4n) is 3.06. The van der Waals surface area contributed by atoms with Crippen LogP contribution in [0, 0.1) is 11.3 Å². The highest BCUT2D eigenvalue weighted by Crippen LogP contribution is 2.21. The second kappa shape index (κ2) is 10.6. The summed E-state index contributed by atoms with van der Waals surface area (Å²) in [6, 6.07) is 20.1. The molecule has 3 rings (SSSR count).